The van der Waals surface area contributed by atoms with Crippen LogP contribution in [0.5, 0.6) is 0 Å². The van der Waals surface area contributed by atoms with Crippen LogP contribution in [0.15, 0.2) is 17.0 Å². The lowest BCUT2D eigenvalue weighted by Crippen LogP contribution is -2.32. The predicted molar refractivity (Wildman–Crippen MR) is 76.2 cm³/mol. The van der Waals surface area contributed by atoms with E-state index in [2.05, 4.69) is 4.72 Å². The van der Waals surface area contributed by atoms with Gasteiger partial charge in [0, 0.05) is 6.04 Å². The van der Waals surface area contributed by atoms with Crippen LogP contribution in [0.3, 0.4) is 0 Å². The van der Waals surface area contributed by atoms with Crippen molar-refractivity contribution in [1.82, 2.24) is 4.72 Å². The molecule has 0 aliphatic heterocycles. The van der Waals surface area contributed by atoms with Gasteiger partial charge in [-0.25, -0.2) is 13.1 Å². The summed E-state index contributed by atoms with van der Waals surface area (Å²) in [5, 5.41) is 0.437. The van der Waals surface area contributed by atoms with E-state index in [1.807, 2.05) is 6.92 Å². The van der Waals surface area contributed by atoms with Gasteiger partial charge in [0.25, 0.3) is 0 Å². The topological polar surface area (TPSA) is 46.2 Å². The molecule has 1 aromatic carbocycles. The molecule has 18 heavy (non-hydrogen) atoms. The van der Waals surface area contributed by atoms with E-state index in [1.165, 1.54) is 12.1 Å². The second-order valence-electron chi connectivity index (χ2n) is 4.01. The zero-order chi connectivity index (χ0) is 13.9. The predicted octanol–water partition coefficient (Wildman–Crippen LogP) is 4.11. The fraction of sp³-hybridized carbons (Fsp3) is 0.455. The molecule has 0 radical (unpaired) electrons. The molecule has 1 aromatic rings. The van der Waals surface area contributed by atoms with Crippen molar-refractivity contribution in [1.29, 1.82) is 0 Å². The molecule has 0 saturated carbocycles. The van der Waals surface area contributed by atoms with Crippen LogP contribution in [0.25, 0.3) is 0 Å². The Morgan fingerprint density at radius 3 is 2.28 bits per heavy atom. The third kappa shape index (κ3) is 4.00. The van der Waals surface area contributed by atoms with Gasteiger partial charge >= 0.3 is 0 Å². The summed E-state index contributed by atoms with van der Waals surface area (Å²) in [7, 11) is -3.68. The third-order valence-electron chi connectivity index (χ3n) is 2.34. The maximum atomic E-state index is 12.1. The van der Waals surface area contributed by atoms with E-state index < -0.39 is 10.0 Å². The fourth-order valence-corrected chi connectivity index (χ4v) is 3.81. The molecule has 0 aliphatic rings. The number of halogens is 3. The average Bonchev–Trinajstić information content (AvgIpc) is 2.22. The Bertz CT molecular complexity index is 531. The first-order valence-corrected chi connectivity index (χ1v) is 8.06. The highest BCUT2D eigenvalue weighted by Crippen LogP contribution is 2.31. The van der Waals surface area contributed by atoms with Gasteiger partial charge < -0.3 is 0 Å². The monoisotopic (exact) mass is 329 g/mol. The van der Waals surface area contributed by atoms with Crippen molar-refractivity contribution in [3.63, 3.8) is 0 Å². The zero-order valence-electron chi connectivity index (χ0n) is 10.0. The van der Waals surface area contributed by atoms with Crippen LogP contribution in [0.2, 0.25) is 15.1 Å². The molecule has 0 spiro atoms. The van der Waals surface area contributed by atoms with Crippen LogP contribution in [0, 0.1) is 0 Å². The van der Waals surface area contributed by atoms with E-state index in [0.29, 0.717) is 0 Å². The van der Waals surface area contributed by atoms with Crippen LogP contribution in [0.4, 0.5) is 0 Å². The van der Waals surface area contributed by atoms with E-state index in [4.69, 9.17) is 34.8 Å². The van der Waals surface area contributed by atoms with Crippen molar-refractivity contribution in [2.45, 2.75) is 37.6 Å². The lowest BCUT2D eigenvalue weighted by molar-refractivity contribution is 0.544. The van der Waals surface area contributed by atoms with Gasteiger partial charge in [0.2, 0.25) is 10.0 Å². The lowest BCUT2D eigenvalue weighted by atomic mass is 10.2. The highest BCUT2D eigenvalue weighted by Gasteiger charge is 2.21. The van der Waals surface area contributed by atoms with Gasteiger partial charge in [0.1, 0.15) is 4.90 Å². The molecule has 0 bridgehead atoms. The van der Waals surface area contributed by atoms with Crippen molar-refractivity contribution in [2.75, 3.05) is 0 Å². The molecule has 0 aliphatic carbocycles. The van der Waals surface area contributed by atoms with Gasteiger partial charge in [-0.2, -0.15) is 0 Å². The van der Waals surface area contributed by atoms with Gasteiger partial charge in [-0.3, -0.25) is 0 Å². The lowest BCUT2D eigenvalue weighted by Gasteiger charge is -2.14. The summed E-state index contributed by atoms with van der Waals surface area (Å²) in [4.78, 5) is -0.0541. The molecule has 0 fully saturated rings. The number of rotatable bonds is 5. The van der Waals surface area contributed by atoms with Gasteiger partial charge in [0.15, 0.2) is 0 Å². The Morgan fingerprint density at radius 1 is 1.17 bits per heavy atom. The van der Waals surface area contributed by atoms with Crippen molar-refractivity contribution >= 4 is 44.8 Å². The summed E-state index contributed by atoms with van der Waals surface area (Å²) < 4.78 is 26.8. The minimum Gasteiger partial charge on any atom is -0.208 e. The largest absolute Gasteiger partial charge is 0.242 e. The molecule has 0 saturated heterocycles. The fourth-order valence-electron chi connectivity index (χ4n) is 1.53. The quantitative estimate of drug-likeness (QED) is 0.826. The molecule has 0 aromatic heterocycles. The molecule has 0 amide bonds. The van der Waals surface area contributed by atoms with Gasteiger partial charge in [-0.1, -0.05) is 48.1 Å². The summed E-state index contributed by atoms with van der Waals surface area (Å²) in [5.74, 6) is 0. The summed E-state index contributed by atoms with van der Waals surface area (Å²) in [6, 6.07) is 2.42. The Hall–Kier alpha value is -0.000000000000000111. The van der Waals surface area contributed by atoms with E-state index in [1.54, 1.807) is 6.92 Å². The number of nitrogens with one attached hydrogen (secondary N) is 1. The Labute approximate surface area is 122 Å². The SMILES string of the molecule is CCCC(C)NS(=O)(=O)c1cc(Cl)c(Cl)cc1Cl. The number of hydrogen-bond donors (Lipinski definition) is 1. The third-order valence-corrected chi connectivity index (χ3v) is 5.12. The van der Waals surface area contributed by atoms with Crippen molar-refractivity contribution in [3.8, 4) is 0 Å². The van der Waals surface area contributed by atoms with Crippen molar-refractivity contribution < 1.29 is 8.42 Å². The van der Waals surface area contributed by atoms with Gasteiger partial charge in [0.05, 0.1) is 15.1 Å². The standard InChI is InChI=1S/C11H14Cl3NO2S/c1-3-4-7(2)15-18(16,17)11-6-9(13)8(12)5-10(11)14/h5-7,15H,3-4H2,1-2H3. The number of sulfonamides is 1. The van der Waals surface area contributed by atoms with E-state index in [0.717, 1.165) is 12.8 Å². The molecule has 3 nitrogen and oxygen atoms in total. The molecular weight excluding hydrogens is 317 g/mol. The van der Waals surface area contributed by atoms with Crippen molar-refractivity contribution in [3.05, 3.63) is 27.2 Å². The molecule has 1 atom stereocenters. The molecule has 1 unspecified atom stereocenters. The van der Waals surface area contributed by atoms with Crippen molar-refractivity contribution in [2.24, 2.45) is 0 Å². The maximum absolute atomic E-state index is 12.1. The molecular formula is C11H14Cl3NO2S. The zero-order valence-corrected chi connectivity index (χ0v) is 13.1. The molecule has 7 heteroatoms. The van der Waals surface area contributed by atoms with Crippen LogP contribution < -0.4 is 4.72 Å². The minimum atomic E-state index is -3.68. The Morgan fingerprint density at radius 2 is 1.72 bits per heavy atom. The summed E-state index contributed by atoms with van der Waals surface area (Å²) in [6.07, 6.45) is 1.64. The minimum absolute atomic E-state index is 0.0541. The smallest absolute Gasteiger partial charge is 0.208 e. The van der Waals surface area contributed by atoms with Crippen LogP contribution in [-0.2, 0) is 10.0 Å². The first-order chi connectivity index (χ1) is 8.27. The number of benzene rings is 1. The molecule has 1 rings (SSSR count). The average molecular weight is 331 g/mol. The van der Waals surface area contributed by atoms with E-state index in [-0.39, 0.29) is 26.0 Å². The van der Waals surface area contributed by atoms with E-state index >= 15 is 0 Å². The maximum Gasteiger partial charge on any atom is 0.242 e. The van der Waals surface area contributed by atoms with Gasteiger partial charge in [-0.05, 0) is 25.5 Å². The highest BCUT2D eigenvalue weighted by molar-refractivity contribution is 7.89. The normalized spacial score (nSPS) is 13.6. The summed E-state index contributed by atoms with van der Waals surface area (Å²) in [6.45, 7) is 3.78. The van der Waals surface area contributed by atoms with Crippen LogP contribution in [-0.4, -0.2) is 14.5 Å². The molecule has 0 heterocycles. The first-order valence-electron chi connectivity index (χ1n) is 5.44. The number of hydrogen-bond acceptors (Lipinski definition) is 2. The summed E-state index contributed by atoms with van der Waals surface area (Å²) >= 11 is 17.5. The second kappa shape index (κ2) is 6.44. The van der Waals surface area contributed by atoms with E-state index in [9.17, 15) is 8.42 Å². The molecule has 1 N–H and O–H groups in total. The first kappa shape index (κ1) is 16.1. The Kier molecular flexibility index (Phi) is 5.74. The second-order valence-corrected chi connectivity index (χ2v) is 6.91. The highest BCUT2D eigenvalue weighted by atomic mass is 35.5. The summed E-state index contributed by atoms with van der Waals surface area (Å²) in [5.41, 5.74) is 0. The van der Waals surface area contributed by atoms with Crippen LogP contribution >= 0.6 is 34.8 Å². The van der Waals surface area contributed by atoms with Crippen LogP contribution in [0.1, 0.15) is 26.7 Å². The molecule has 102 valence electrons. The van der Waals surface area contributed by atoms with Gasteiger partial charge in [-0.15, -0.1) is 0 Å². The Balaban J connectivity index is 3.09.